The molecule has 2 heterocycles. The number of thioether (sulfide) groups is 1. The van der Waals surface area contributed by atoms with Crippen LogP contribution in [0.15, 0.2) is 41.3 Å². The number of carbonyl (C=O) groups excluding carboxylic acids is 1. The number of nitrogens with zero attached hydrogens (tertiary/aromatic N) is 3. The number of amides is 1. The van der Waals surface area contributed by atoms with Crippen molar-refractivity contribution in [2.75, 3.05) is 12.3 Å². The standard InChI is InChI=1S/C15H13Cl2N3O2S/c16-10-3-4-11(12(17)8-10)15-19(6-7-23-15)14(22)9-20-13(21)2-1-5-18-20/h1-5,8,15H,6-7,9H2. The largest absolute Gasteiger partial charge is 0.324 e. The van der Waals surface area contributed by atoms with Crippen molar-refractivity contribution in [2.45, 2.75) is 11.9 Å². The van der Waals surface area contributed by atoms with Crippen LogP contribution in [0, 0.1) is 0 Å². The van der Waals surface area contributed by atoms with E-state index < -0.39 is 0 Å². The first-order chi connectivity index (χ1) is 11.1. The van der Waals surface area contributed by atoms with Gasteiger partial charge in [-0.2, -0.15) is 5.10 Å². The van der Waals surface area contributed by atoms with Gasteiger partial charge in [0.25, 0.3) is 5.56 Å². The summed E-state index contributed by atoms with van der Waals surface area (Å²) in [6.07, 6.45) is 1.49. The van der Waals surface area contributed by atoms with E-state index in [2.05, 4.69) is 5.10 Å². The lowest BCUT2D eigenvalue weighted by Gasteiger charge is -2.25. The summed E-state index contributed by atoms with van der Waals surface area (Å²) in [5.74, 6) is 0.652. The fourth-order valence-electron chi connectivity index (χ4n) is 2.41. The Hall–Kier alpha value is -1.50. The van der Waals surface area contributed by atoms with E-state index in [1.54, 1.807) is 34.9 Å². The van der Waals surface area contributed by atoms with Crippen molar-refractivity contribution in [1.29, 1.82) is 0 Å². The molecule has 2 aromatic rings. The maximum absolute atomic E-state index is 12.6. The minimum atomic E-state index is -0.297. The second kappa shape index (κ2) is 6.95. The number of aromatic nitrogens is 2. The molecule has 1 atom stereocenters. The van der Waals surface area contributed by atoms with Crippen molar-refractivity contribution in [3.63, 3.8) is 0 Å². The van der Waals surface area contributed by atoms with Crippen molar-refractivity contribution in [1.82, 2.24) is 14.7 Å². The highest BCUT2D eigenvalue weighted by Gasteiger charge is 2.32. The molecule has 1 amide bonds. The van der Waals surface area contributed by atoms with Crippen LogP contribution < -0.4 is 5.56 Å². The van der Waals surface area contributed by atoms with E-state index in [9.17, 15) is 9.59 Å². The molecule has 1 unspecified atom stereocenters. The Balaban J connectivity index is 1.82. The lowest BCUT2D eigenvalue weighted by atomic mass is 10.2. The molecule has 1 aromatic carbocycles. The molecule has 0 saturated carbocycles. The Labute approximate surface area is 147 Å². The average molecular weight is 370 g/mol. The van der Waals surface area contributed by atoms with Crippen LogP contribution in [-0.4, -0.2) is 32.9 Å². The van der Waals surface area contributed by atoms with Gasteiger partial charge in [-0.15, -0.1) is 11.8 Å². The van der Waals surface area contributed by atoms with Crippen LogP contribution in [0.2, 0.25) is 10.0 Å². The second-order valence-electron chi connectivity index (χ2n) is 5.00. The fraction of sp³-hybridized carbons (Fsp3) is 0.267. The van der Waals surface area contributed by atoms with Crippen LogP contribution >= 0.6 is 35.0 Å². The highest BCUT2D eigenvalue weighted by atomic mass is 35.5. The number of carbonyl (C=O) groups is 1. The minimum absolute atomic E-state index is 0.0814. The van der Waals surface area contributed by atoms with Gasteiger partial charge in [0, 0.05) is 40.2 Å². The van der Waals surface area contributed by atoms with Crippen molar-refractivity contribution >= 4 is 40.9 Å². The maximum Gasteiger partial charge on any atom is 0.267 e. The van der Waals surface area contributed by atoms with Gasteiger partial charge in [-0.1, -0.05) is 29.3 Å². The van der Waals surface area contributed by atoms with Gasteiger partial charge in [0.15, 0.2) is 0 Å². The molecule has 0 radical (unpaired) electrons. The third-order valence-corrected chi connectivity index (χ3v) is 5.32. The van der Waals surface area contributed by atoms with E-state index in [1.165, 1.54) is 12.3 Å². The quantitative estimate of drug-likeness (QED) is 0.834. The van der Waals surface area contributed by atoms with Gasteiger partial charge in [0.2, 0.25) is 5.91 Å². The summed E-state index contributed by atoms with van der Waals surface area (Å²) in [6.45, 7) is 0.524. The summed E-state index contributed by atoms with van der Waals surface area (Å²) in [6, 6.07) is 8.19. The second-order valence-corrected chi connectivity index (χ2v) is 7.03. The van der Waals surface area contributed by atoms with E-state index in [0.717, 1.165) is 16.0 Å². The van der Waals surface area contributed by atoms with Crippen molar-refractivity contribution in [2.24, 2.45) is 0 Å². The van der Waals surface area contributed by atoms with E-state index in [4.69, 9.17) is 23.2 Å². The Morgan fingerprint density at radius 2 is 2.17 bits per heavy atom. The smallest absolute Gasteiger partial charge is 0.267 e. The van der Waals surface area contributed by atoms with E-state index >= 15 is 0 Å². The molecule has 1 aliphatic heterocycles. The lowest BCUT2D eigenvalue weighted by Crippen LogP contribution is -2.36. The van der Waals surface area contributed by atoms with Gasteiger partial charge in [0.1, 0.15) is 11.9 Å². The monoisotopic (exact) mass is 369 g/mol. The van der Waals surface area contributed by atoms with Crippen LogP contribution in [0.1, 0.15) is 10.9 Å². The number of rotatable bonds is 3. The summed E-state index contributed by atoms with van der Waals surface area (Å²) in [7, 11) is 0. The zero-order chi connectivity index (χ0) is 16.4. The molecule has 5 nitrogen and oxygen atoms in total. The number of benzene rings is 1. The summed E-state index contributed by atoms with van der Waals surface area (Å²) in [5, 5.41) is 4.84. The van der Waals surface area contributed by atoms with Crippen molar-refractivity contribution in [3.05, 3.63) is 62.5 Å². The zero-order valence-corrected chi connectivity index (χ0v) is 14.3. The highest BCUT2D eigenvalue weighted by Crippen LogP contribution is 2.41. The molecular weight excluding hydrogens is 357 g/mol. The molecule has 3 rings (SSSR count). The van der Waals surface area contributed by atoms with Crippen LogP contribution in [0.5, 0.6) is 0 Å². The molecule has 1 fully saturated rings. The molecule has 1 aromatic heterocycles. The summed E-state index contributed by atoms with van der Waals surface area (Å²) < 4.78 is 1.16. The summed E-state index contributed by atoms with van der Waals surface area (Å²) in [4.78, 5) is 26.0. The topological polar surface area (TPSA) is 55.2 Å². The molecule has 0 N–H and O–H groups in total. The molecule has 1 aliphatic rings. The van der Waals surface area contributed by atoms with Crippen LogP contribution in [0.3, 0.4) is 0 Å². The van der Waals surface area contributed by atoms with Crippen LogP contribution in [0.25, 0.3) is 0 Å². The van der Waals surface area contributed by atoms with Crippen LogP contribution in [0.4, 0.5) is 0 Å². The fourth-order valence-corrected chi connectivity index (χ4v) is 4.30. The Morgan fingerprint density at radius 3 is 2.91 bits per heavy atom. The highest BCUT2D eigenvalue weighted by molar-refractivity contribution is 7.99. The predicted molar refractivity (Wildman–Crippen MR) is 91.9 cm³/mol. The Kier molecular flexibility index (Phi) is 4.94. The average Bonchev–Trinajstić information content (AvgIpc) is 2.99. The molecule has 1 saturated heterocycles. The van der Waals surface area contributed by atoms with E-state index in [1.807, 2.05) is 6.07 Å². The third-order valence-electron chi connectivity index (χ3n) is 3.51. The SMILES string of the molecule is O=C(Cn1ncccc1=O)N1CCSC1c1ccc(Cl)cc1Cl. The van der Waals surface area contributed by atoms with Gasteiger partial charge >= 0.3 is 0 Å². The van der Waals surface area contributed by atoms with Gasteiger partial charge < -0.3 is 4.90 Å². The molecule has 23 heavy (non-hydrogen) atoms. The predicted octanol–water partition coefficient (Wildman–Crippen LogP) is 2.82. The summed E-state index contributed by atoms with van der Waals surface area (Å²) >= 11 is 13.8. The number of halogens is 2. The number of hydrogen-bond donors (Lipinski definition) is 0. The molecule has 8 heteroatoms. The van der Waals surface area contributed by atoms with Crippen molar-refractivity contribution in [3.8, 4) is 0 Å². The molecule has 0 aliphatic carbocycles. The summed E-state index contributed by atoms with van der Waals surface area (Å²) in [5.41, 5.74) is 0.550. The Bertz CT molecular complexity index is 796. The first-order valence-corrected chi connectivity index (χ1v) is 8.75. The first kappa shape index (κ1) is 16.4. The van der Waals surface area contributed by atoms with E-state index in [0.29, 0.717) is 16.6 Å². The molecule has 0 spiro atoms. The van der Waals surface area contributed by atoms with Gasteiger partial charge in [-0.3, -0.25) is 9.59 Å². The van der Waals surface area contributed by atoms with Crippen LogP contribution in [-0.2, 0) is 11.3 Å². The first-order valence-electron chi connectivity index (χ1n) is 6.94. The maximum atomic E-state index is 12.6. The minimum Gasteiger partial charge on any atom is -0.324 e. The third kappa shape index (κ3) is 3.54. The Morgan fingerprint density at radius 1 is 1.35 bits per heavy atom. The molecular formula is C15H13Cl2N3O2S. The van der Waals surface area contributed by atoms with E-state index in [-0.39, 0.29) is 23.4 Å². The zero-order valence-electron chi connectivity index (χ0n) is 12.0. The van der Waals surface area contributed by atoms with Gasteiger partial charge in [0.05, 0.1) is 0 Å². The lowest BCUT2D eigenvalue weighted by molar-refractivity contribution is -0.132. The normalized spacial score (nSPS) is 17.5. The molecule has 120 valence electrons. The number of hydrogen-bond acceptors (Lipinski definition) is 4. The van der Waals surface area contributed by atoms with Gasteiger partial charge in [-0.25, -0.2) is 4.68 Å². The molecule has 0 bridgehead atoms. The van der Waals surface area contributed by atoms with Crippen molar-refractivity contribution < 1.29 is 4.79 Å². The van der Waals surface area contributed by atoms with Gasteiger partial charge in [-0.05, 0) is 18.2 Å².